The summed E-state index contributed by atoms with van der Waals surface area (Å²) < 4.78 is 5.16. The lowest BCUT2D eigenvalue weighted by Gasteiger charge is -2.12. The number of amides is 1. The summed E-state index contributed by atoms with van der Waals surface area (Å²) in [6, 6.07) is 22.8. The smallest absolute Gasteiger partial charge is 0.340 e. The summed E-state index contributed by atoms with van der Waals surface area (Å²) in [5.74, 6) is -1.13. The average Bonchev–Trinajstić information content (AvgIpc) is 2.73. The number of hydrogen-bond donors (Lipinski definition) is 2. The summed E-state index contributed by atoms with van der Waals surface area (Å²) in [7, 11) is 0. The first-order valence-corrected chi connectivity index (χ1v) is 9.02. The Morgan fingerprint density at radius 1 is 0.793 bits per heavy atom. The van der Waals surface area contributed by atoms with Gasteiger partial charge >= 0.3 is 5.97 Å². The van der Waals surface area contributed by atoms with Gasteiger partial charge in [0.1, 0.15) is 0 Å². The van der Waals surface area contributed by atoms with Crippen molar-refractivity contribution >= 4 is 34.7 Å². The molecule has 0 saturated heterocycles. The number of esters is 1. The van der Waals surface area contributed by atoms with E-state index in [1.165, 1.54) is 6.92 Å². The van der Waals surface area contributed by atoms with Gasteiger partial charge in [-0.2, -0.15) is 0 Å². The second-order valence-corrected chi connectivity index (χ2v) is 6.29. The van der Waals surface area contributed by atoms with Crippen LogP contribution >= 0.6 is 0 Å². The third-order valence-electron chi connectivity index (χ3n) is 4.11. The molecule has 0 aliphatic heterocycles. The molecule has 3 aromatic rings. The van der Waals surface area contributed by atoms with E-state index in [-0.39, 0.29) is 5.78 Å². The molecule has 2 N–H and O–H groups in total. The van der Waals surface area contributed by atoms with E-state index in [9.17, 15) is 14.4 Å². The van der Waals surface area contributed by atoms with E-state index in [0.29, 0.717) is 22.5 Å². The van der Waals surface area contributed by atoms with E-state index >= 15 is 0 Å². The Morgan fingerprint density at radius 2 is 1.45 bits per heavy atom. The highest BCUT2D eigenvalue weighted by Gasteiger charge is 2.14. The molecule has 0 heterocycles. The molecule has 1 amide bonds. The fourth-order valence-electron chi connectivity index (χ4n) is 2.64. The molecule has 0 atom stereocenters. The van der Waals surface area contributed by atoms with Crippen LogP contribution in [0.4, 0.5) is 17.1 Å². The van der Waals surface area contributed by atoms with Gasteiger partial charge in [-0.05, 0) is 55.5 Å². The van der Waals surface area contributed by atoms with Crippen molar-refractivity contribution in [3.63, 3.8) is 0 Å². The summed E-state index contributed by atoms with van der Waals surface area (Å²) >= 11 is 0. The van der Waals surface area contributed by atoms with Crippen molar-refractivity contribution in [2.24, 2.45) is 0 Å². The Hall–Kier alpha value is -3.93. The van der Waals surface area contributed by atoms with Crippen LogP contribution in [-0.2, 0) is 9.53 Å². The Morgan fingerprint density at radius 3 is 2.14 bits per heavy atom. The fraction of sp³-hybridized carbons (Fsp3) is 0.0870. The van der Waals surface area contributed by atoms with Crippen LogP contribution in [0.3, 0.4) is 0 Å². The van der Waals surface area contributed by atoms with Crippen LogP contribution in [0.1, 0.15) is 27.6 Å². The molecule has 29 heavy (non-hydrogen) atoms. The van der Waals surface area contributed by atoms with Gasteiger partial charge in [0.15, 0.2) is 12.4 Å². The molecule has 0 unspecified atom stereocenters. The third kappa shape index (κ3) is 5.52. The molecule has 0 aliphatic rings. The van der Waals surface area contributed by atoms with Crippen molar-refractivity contribution in [1.82, 2.24) is 0 Å². The maximum atomic E-state index is 12.5. The zero-order valence-electron chi connectivity index (χ0n) is 15.8. The van der Waals surface area contributed by atoms with E-state index in [0.717, 1.165) is 5.69 Å². The molecule has 3 aromatic carbocycles. The van der Waals surface area contributed by atoms with E-state index in [4.69, 9.17) is 4.74 Å². The molecule has 0 spiro atoms. The van der Waals surface area contributed by atoms with Gasteiger partial charge in [0.2, 0.25) is 0 Å². The number of para-hydroxylation sites is 2. The Kier molecular flexibility index (Phi) is 6.37. The van der Waals surface area contributed by atoms with Crippen molar-refractivity contribution in [2.75, 3.05) is 17.2 Å². The van der Waals surface area contributed by atoms with Gasteiger partial charge in [-0.1, -0.05) is 30.3 Å². The number of benzene rings is 3. The standard InChI is InChI=1S/C23H20N2O4/c1-16(26)17-11-13-19(14-12-17)25-22(27)15-29-23(28)20-9-5-6-10-21(20)24-18-7-3-2-4-8-18/h2-14,24H,15H2,1H3,(H,25,27). The van der Waals surface area contributed by atoms with Crippen LogP contribution in [0.15, 0.2) is 78.9 Å². The van der Waals surface area contributed by atoms with Crippen LogP contribution in [0, 0.1) is 0 Å². The maximum absolute atomic E-state index is 12.5. The Labute approximate surface area is 168 Å². The largest absolute Gasteiger partial charge is 0.452 e. The Bertz CT molecular complexity index is 1010. The van der Waals surface area contributed by atoms with E-state index < -0.39 is 18.5 Å². The van der Waals surface area contributed by atoms with Crippen LogP contribution in [-0.4, -0.2) is 24.3 Å². The molecule has 0 aliphatic carbocycles. The van der Waals surface area contributed by atoms with Crippen LogP contribution in [0.5, 0.6) is 0 Å². The maximum Gasteiger partial charge on any atom is 0.340 e. The minimum atomic E-state index is -0.605. The summed E-state index contributed by atoms with van der Waals surface area (Å²) in [5, 5.41) is 5.79. The van der Waals surface area contributed by atoms with Crippen molar-refractivity contribution in [3.05, 3.63) is 90.0 Å². The van der Waals surface area contributed by atoms with Gasteiger partial charge in [-0.25, -0.2) is 4.79 Å². The molecule has 0 radical (unpaired) electrons. The lowest BCUT2D eigenvalue weighted by molar-refractivity contribution is -0.119. The van der Waals surface area contributed by atoms with Crippen molar-refractivity contribution < 1.29 is 19.1 Å². The predicted octanol–water partition coefficient (Wildman–Crippen LogP) is 4.43. The van der Waals surface area contributed by atoms with E-state index in [2.05, 4.69) is 10.6 Å². The highest BCUT2D eigenvalue weighted by Crippen LogP contribution is 2.21. The lowest BCUT2D eigenvalue weighted by atomic mass is 10.1. The van der Waals surface area contributed by atoms with Gasteiger partial charge in [0, 0.05) is 16.9 Å². The van der Waals surface area contributed by atoms with E-state index in [1.54, 1.807) is 48.5 Å². The van der Waals surface area contributed by atoms with Crippen molar-refractivity contribution in [3.8, 4) is 0 Å². The summed E-state index contributed by atoms with van der Waals surface area (Å²) in [6.45, 7) is 1.05. The molecule has 0 bridgehead atoms. The molecule has 6 heteroatoms. The topological polar surface area (TPSA) is 84.5 Å². The van der Waals surface area contributed by atoms with Crippen LogP contribution in [0.25, 0.3) is 0 Å². The lowest BCUT2D eigenvalue weighted by Crippen LogP contribution is -2.21. The number of anilines is 3. The number of carbonyl (C=O) groups is 3. The zero-order chi connectivity index (χ0) is 20.6. The predicted molar refractivity (Wildman–Crippen MR) is 112 cm³/mol. The number of ketones is 1. The van der Waals surface area contributed by atoms with Crippen LogP contribution in [0.2, 0.25) is 0 Å². The molecule has 0 aromatic heterocycles. The number of carbonyl (C=O) groups excluding carboxylic acids is 3. The van der Waals surface area contributed by atoms with Gasteiger partial charge < -0.3 is 15.4 Å². The van der Waals surface area contributed by atoms with Gasteiger partial charge in [0.25, 0.3) is 5.91 Å². The highest BCUT2D eigenvalue weighted by molar-refractivity contribution is 5.99. The number of hydrogen-bond acceptors (Lipinski definition) is 5. The second kappa shape index (κ2) is 9.32. The Balaban J connectivity index is 1.59. The molecule has 3 rings (SSSR count). The van der Waals surface area contributed by atoms with Gasteiger partial charge in [0.05, 0.1) is 11.3 Å². The monoisotopic (exact) mass is 388 g/mol. The normalized spacial score (nSPS) is 10.1. The van der Waals surface area contributed by atoms with Gasteiger partial charge in [-0.15, -0.1) is 0 Å². The SMILES string of the molecule is CC(=O)c1ccc(NC(=O)COC(=O)c2ccccc2Nc2ccccc2)cc1. The number of rotatable bonds is 7. The molecule has 6 nitrogen and oxygen atoms in total. The zero-order valence-corrected chi connectivity index (χ0v) is 15.8. The molecular weight excluding hydrogens is 368 g/mol. The minimum absolute atomic E-state index is 0.0559. The first-order valence-electron chi connectivity index (χ1n) is 9.02. The number of ether oxygens (including phenoxy) is 1. The molecule has 146 valence electrons. The second-order valence-electron chi connectivity index (χ2n) is 6.29. The summed E-state index contributed by atoms with van der Waals surface area (Å²) in [4.78, 5) is 35.8. The average molecular weight is 388 g/mol. The number of Topliss-reactive ketones (excluding diaryl/α,β-unsaturated/α-hetero) is 1. The van der Waals surface area contributed by atoms with Crippen molar-refractivity contribution in [2.45, 2.75) is 6.92 Å². The fourth-order valence-corrected chi connectivity index (χ4v) is 2.64. The first kappa shape index (κ1) is 19.8. The highest BCUT2D eigenvalue weighted by atomic mass is 16.5. The molecule has 0 fully saturated rings. The summed E-state index contributed by atoms with van der Waals surface area (Å²) in [5.41, 5.74) is 2.82. The van der Waals surface area contributed by atoms with Crippen LogP contribution < -0.4 is 10.6 Å². The third-order valence-corrected chi connectivity index (χ3v) is 4.11. The van der Waals surface area contributed by atoms with Crippen molar-refractivity contribution in [1.29, 1.82) is 0 Å². The minimum Gasteiger partial charge on any atom is -0.452 e. The molecule has 0 saturated carbocycles. The van der Waals surface area contributed by atoms with Gasteiger partial charge in [-0.3, -0.25) is 9.59 Å². The summed E-state index contributed by atoms with van der Waals surface area (Å²) in [6.07, 6.45) is 0. The van der Waals surface area contributed by atoms with E-state index in [1.807, 2.05) is 30.3 Å². The molecular formula is C23H20N2O4. The first-order chi connectivity index (χ1) is 14.0. The number of nitrogens with one attached hydrogen (secondary N) is 2. The quantitative estimate of drug-likeness (QED) is 0.462.